The van der Waals surface area contributed by atoms with Gasteiger partial charge in [0.1, 0.15) is 5.75 Å². The molecule has 0 radical (unpaired) electrons. The molecule has 1 saturated heterocycles. The standard InChI is InChI=1S/C24H35N3O2/c1-16(2)27-19(6)23(18(5)25-27)15-26-12-8-10-21(14-26)24(28)20-9-7-11-22(13-20)29-17(3)4/h7,9,11,13,16-17,21H,8,10,12,14-15H2,1-6H3. The molecular formula is C24H35N3O2. The number of aryl methyl sites for hydroxylation is 1. The van der Waals surface area contributed by atoms with Gasteiger partial charge in [0.25, 0.3) is 0 Å². The summed E-state index contributed by atoms with van der Waals surface area (Å²) < 4.78 is 7.88. The monoisotopic (exact) mass is 397 g/mol. The number of benzene rings is 1. The summed E-state index contributed by atoms with van der Waals surface area (Å²) in [5.74, 6) is 1.04. The zero-order valence-corrected chi connectivity index (χ0v) is 18.7. The first-order valence-electron chi connectivity index (χ1n) is 10.8. The van der Waals surface area contributed by atoms with Crippen molar-refractivity contribution in [3.8, 4) is 5.75 Å². The van der Waals surface area contributed by atoms with Gasteiger partial charge in [-0.05, 0) is 73.1 Å². The van der Waals surface area contributed by atoms with Gasteiger partial charge in [-0.15, -0.1) is 0 Å². The molecule has 0 amide bonds. The van der Waals surface area contributed by atoms with E-state index in [9.17, 15) is 4.79 Å². The van der Waals surface area contributed by atoms with Crippen molar-refractivity contribution in [2.75, 3.05) is 13.1 Å². The van der Waals surface area contributed by atoms with E-state index in [0.717, 1.165) is 49.5 Å². The Kier molecular flexibility index (Phi) is 6.78. The summed E-state index contributed by atoms with van der Waals surface area (Å²) >= 11 is 0. The van der Waals surface area contributed by atoms with Crippen LogP contribution < -0.4 is 4.74 Å². The van der Waals surface area contributed by atoms with Crippen LogP contribution in [0.15, 0.2) is 24.3 Å². The Labute approximate surface area is 175 Å². The molecule has 3 rings (SSSR count). The molecule has 2 aromatic rings. The van der Waals surface area contributed by atoms with Crippen LogP contribution in [0.25, 0.3) is 0 Å². The fourth-order valence-corrected chi connectivity index (χ4v) is 4.30. The van der Waals surface area contributed by atoms with Crippen molar-refractivity contribution in [1.29, 1.82) is 0 Å². The summed E-state index contributed by atoms with van der Waals surface area (Å²) in [6, 6.07) is 8.00. The third-order valence-electron chi connectivity index (χ3n) is 5.71. The number of hydrogen-bond donors (Lipinski definition) is 0. The highest BCUT2D eigenvalue weighted by atomic mass is 16.5. The van der Waals surface area contributed by atoms with E-state index in [-0.39, 0.29) is 17.8 Å². The van der Waals surface area contributed by atoms with Crippen LogP contribution in [0.4, 0.5) is 0 Å². The van der Waals surface area contributed by atoms with Gasteiger partial charge < -0.3 is 4.74 Å². The lowest BCUT2D eigenvalue weighted by molar-refractivity contribution is 0.0810. The minimum Gasteiger partial charge on any atom is -0.491 e. The average molecular weight is 398 g/mol. The zero-order valence-electron chi connectivity index (χ0n) is 18.7. The molecule has 1 aliphatic rings. The van der Waals surface area contributed by atoms with Crippen LogP contribution in [0.3, 0.4) is 0 Å². The highest BCUT2D eigenvalue weighted by Gasteiger charge is 2.28. The van der Waals surface area contributed by atoms with Crippen molar-refractivity contribution in [3.05, 3.63) is 46.8 Å². The van der Waals surface area contributed by atoms with Crippen LogP contribution in [0.1, 0.15) is 73.9 Å². The Morgan fingerprint density at radius 2 is 2.00 bits per heavy atom. The van der Waals surface area contributed by atoms with Crippen LogP contribution in [0.2, 0.25) is 0 Å². The smallest absolute Gasteiger partial charge is 0.167 e. The number of aromatic nitrogens is 2. The third kappa shape index (κ3) is 5.08. The van der Waals surface area contributed by atoms with Crippen LogP contribution in [-0.4, -0.2) is 39.7 Å². The molecule has 1 aromatic carbocycles. The molecule has 158 valence electrons. The van der Waals surface area contributed by atoms with E-state index in [2.05, 4.69) is 37.3 Å². The van der Waals surface area contributed by atoms with Crippen LogP contribution in [0.5, 0.6) is 5.75 Å². The van der Waals surface area contributed by atoms with Crippen molar-refractivity contribution in [3.63, 3.8) is 0 Å². The molecule has 0 aliphatic carbocycles. The molecule has 1 aromatic heterocycles. The summed E-state index contributed by atoms with van der Waals surface area (Å²) in [6.07, 6.45) is 2.10. The van der Waals surface area contributed by atoms with Gasteiger partial charge in [0.2, 0.25) is 0 Å². The van der Waals surface area contributed by atoms with Crippen molar-refractivity contribution in [2.45, 2.75) is 73.1 Å². The van der Waals surface area contributed by atoms with E-state index in [1.54, 1.807) is 0 Å². The average Bonchev–Trinajstić information content (AvgIpc) is 2.96. The molecule has 2 heterocycles. The maximum absolute atomic E-state index is 13.2. The molecule has 5 nitrogen and oxygen atoms in total. The van der Waals surface area contributed by atoms with E-state index in [1.165, 1.54) is 11.3 Å². The molecule has 29 heavy (non-hydrogen) atoms. The van der Waals surface area contributed by atoms with Gasteiger partial charge in [0.05, 0.1) is 11.8 Å². The zero-order chi connectivity index (χ0) is 21.1. The van der Waals surface area contributed by atoms with E-state index < -0.39 is 0 Å². The topological polar surface area (TPSA) is 47.4 Å². The quantitative estimate of drug-likeness (QED) is 0.619. The first kappa shape index (κ1) is 21.6. The molecule has 1 unspecified atom stereocenters. The number of ether oxygens (including phenoxy) is 1. The number of carbonyl (C=O) groups excluding carboxylic acids is 1. The number of carbonyl (C=O) groups is 1. The Hall–Kier alpha value is -2.14. The Bertz CT molecular complexity index is 854. The minimum absolute atomic E-state index is 0.0406. The first-order valence-corrected chi connectivity index (χ1v) is 10.8. The van der Waals surface area contributed by atoms with Crippen LogP contribution in [0, 0.1) is 19.8 Å². The predicted octanol–water partition coefficient (Wildman–Crippen LogP) is 4.96. The number of Topliss-reactive ketones (excluding diaryl/α,β-unsaturated/α-hetero) is 1. The summed E-state index contributed by atoms with van der Waals surface area (Å²) in [6.45, 7) is 15.3. The molecule has 1 atom stereocenters. The number of rotatable bonds is 7. The van der Waals surface area contributed by atoms with Gasteiger partial charge in [-0.2, -0.15) is 5.10 Å². The maximum atomic E-state index is 13.2. The van der Waals surface area contributed by atoms with Gasteiger partial charge in [-0.3, -0.25) is 14.4 Å². The van der Waals surface area contributed by atoms with Gasteiger partial charge in [-0.25, -0.2) is 0 Å². The largest absolute Gasteiger partial charge is 0.491 e. The Morgan fingerprint density at radius 3 is 2.66 bits per heavy atom. The minimum atomic E-state index is 0.0406. The highest BCUT2D eigenvalue weighted by molar-refractivity contribution is 5.98. The summed E-state index contributed by atoms with van der Waals surface area (Å²) in [5.41, 5.74) is 4.40. The molecule has 5 heteroatoms. The van der Waals surface area contributed by atoms with Gasteiger partial charge in [0.15, 0.2) is 5.78 Å². The Balaban J connectivity index is 1.70. The molecule has 0 spiro atoms. The van der Waals surface area contributed by atoms with Crippen molar-refractivity contribution in [2.24, 2.45) is 5.92 Å². The number of piperidine rings is 1. The Morgan fingerprint density at radius 1 is 1.24 bits per heavy atom. The van der Waals surface area contributed by atoms with Crippen LogP contribution in [-0.2, 0) is 6.54 Å². The van der Waals surface area contributed by atoms with Crippen molar-refractivity contribution in [1.82, 2.24) is 14.7 Å². The van der Waals surface area contributed by atoms with Crippen molar-refractivity contribution < 1.29 is 9.53 Å². The third-order valence-corrected chi connectivity index (χ3v) is 5.71. The van der Waals surface area contributed by atoms with E-state index in [4.69, 9.17) is 9.84 Å². The summed E-state index contributed by atoms with van der Waals surface area (Å²) in [5, 5.41) is 4.72. The number of nitrogens with zero attached hydrogens (tertiary/aromatic N) is 3. The van der Waals surface area contributed by atoms with Crippen molar-refractivity contribution >= 4 is 5.78 Å². The SMILES string of the molecule is Cc1nn(C(C)C)c(C)c1CN1CCCC(C(=O)c2cccc(OC(C)C)c2)C1. The lowest BCUT2D eigenvalue weighted by Crippen LogP contribution is -2.38. The number of likely N-dealkylation sites (tertiary alicyclic amines) is 1. The second-order valence-corrected chi connectivity index (χ2v) is 8.82. The molecule has 0 N–H and O–H groups in total. The number of hydrogen-bond acceptors (Lipinski definition) is 4. The molecule has 1 aliphatic heterocycles. The predicted molar refractivity (Wildman–Crippen MR) is 117 cm³/mol. The maximum Gasteiger partial charge on any atom is 0.167 e. The van der Waals surface area contributed by atoms with E-state index in [1.807, 2.05) is 38.1 Å². The van der Waals surface area contributed by atoms with Gasteiger partial charge in [0, 0.05) is 41.9 Å². The second kappa shape index (κ2) is 9.12. The second-order valence-electron chi connectivity index (χ2n) is 8.82. The lowest BCUT2D eigenvalue weighted by atomic mass is 9.89. The van der Waals surface area contributed by atoms with Gasteiger partial charge >= 0.3 is 0 Å². The lowest BCUT2D eigenvalue weighted by Gasteiger charge is -2.32. The molecule has 0 bridgehead atoms. The molecule has 0 saturated carbocycles. The molecular weight excluding hydrogens is 362 g/mol. The molecule has 1 fully saturated rings. The van der Waals surface area contributed by atoms with Crippen LogP contribution >= 0.6 is 0 Å². The number of ketones is 1. The normalized spacial score (nSPS) is 17.9. The fourth-order valence-electron chi connectivity index (χ4n) is 4.30. The summed E-state index contributed by atoms with van der Waals surface area (Å²) in [4.78, 5) is 15.6. The van der Waals surface area contributed by atoms with E-state index >= 15 is 0 Å². The highest BCUT2D eigenvalue weighted by Crippen LogP contribution is 2.26. The first-order chi connectivity index (χ1) is 13.8. The van der Waals surface area contributed by atoms with Gasteiger partial charge in [-0.1, -0.05) is 12.1 Å². The van der Waals surface area contributed by atoms with E-state index in [0.29, 0.717) is 6.04 Å². The fraction of sp³-hybridized carbons (Fsp3) is 0.583. The summed E-state index contributed by atoms with van der Waals surface area (Å²) in [7, 11) is 0.